The fourth-order valence-corrected chi connectivity index (χ4v) is 2.08. The van der Waals surface area contributed by atoms with Gasteiger partial charge in [0.25, 0.3) is 5.89 Å². The summed E-state index contributed by atoms with van der Waals surface area (Å²) in [5, 5.41) is 3.95. The monoisotopic (exact) mass is 343 g/mol. The molecule has 0 saturated carbocycles. The van der Waals surface area contributed by atoms with E-state index in [1.54, 1.807) is 0 Å². The SMILES string of the molecule is CCC(N)Cc1noc(-c2ccccc2I)n1. The molecule has 0 fully saturated rings. The Hall–Kier alpha value is -0.950. The molecule has 4 nitrogen and oxygen atoms in total. The number of aromatic nitrogens is 2. The Bertz CT molecular complexity index is 498. The molecule has 90 valence electrons. The molecule has 0 bridgehead atoms. The molecular weight excluding hydrogens is 329 g/mol. The second kappa shape index (κ2) is 5.59. The van der Waals surface area contributed by atoms with E-state index in [1.807, 2.05) is 31.2 Å². The van der Waals surface area contributed by atoms with Crippen molar-refractivity contribution in [1.29, 1.82) is 0 Å². The first-order valence-electron chi connectivity index (χ1n) is 5.53. The summed E-state index contributed by atoms with van der Waals surface area (Å²) >= 11 is 2.25. The lowest BCUT2D eigenvalue weighted by Gasteiger charge is -2.02. The fraction of sp³-hybridized carbons (Fsp3) is 0.333. The van der Waals surface area contributed by atoms with Crippen molar-refractivity contribution in [2.24, 2.45) is 5.73 Å². The first kappa shape index (κ1) is 12.5. The molecule has 0 amide bonds. The second-order valence-corrected chi connectivity index (χ2v) is 5.03. The average molecular weight is 343 g/mol. The molecule has 1 heterocycles. The minimum atomic E-state index is 0.0929. The molecule has 1 aromatic heterocycles. The number of hydrogen-bond acceptors (Lipinski definition) is 4. The highest BCUT2D eigenvalue weighted by Gasteiger charge is 2.12. The Balaban J connectivity index is 2.21. The van der Waals surface area contributed by atoms with Gasteiger partial charge in [-0.05, 0) is 41.1 Å². The largest absolute Gasteiger partial charge is 0.334 e. The maximum Gasteiger partial charge on any atom is 0.258 e. The zero-order valence-electron chi connectivity index (χ0n) is 9.56. The van der Waals surface area contributed by atoms with Gasteiger partial charge in [0.15, 0.2) is 5.82 Å². The molecule has 1 atom stereocenters. The number of nitrogens with zero attached hydrogens (tertiary/aromatic N) is 2. The van der Waals surface area contributed by atoms with Gasteiger partial charge in [-0.3, -0.25) is 0 Å². The van der Waals surface area contributed by atoms with Crippen LogP contribution in [0.4, 0.5) is 0 Å². The van der Waals surface area contributed by atoms with Crippen LogP contribution in [0.25, 0.3) is 11.5 Å². The van der Waals surface area contributed by atoms with Gasteiger partial charge >= 0.3 is 0 Å². The number of rotatable bonds is 4. The summed E-state index contributed by atoms with van der Waals surface area (Å²) in [5.41, 5.74) is 6.83. The molecule has 2 N–H and O–H groups in total. The summed E-state index contributed by atoms with van der Waals surface area (Å²) < 4.78 is 6.35. The number of halogens is 1. The van der Waals surface area contributed by atoms with Crippen molar-refractivity contribution in [2.45, 2.75) is 25.8 Å². The predicted molar refractivity (Wildman–Crippen MR) is 74.4 cm³/mol. The summed E-state index contributed by atoms with van der Waals surface area (Å²) in [4.78, 5) is 4.37. The van der Waals surface area contributed by atoms with Crippen LogP contribution in [0.2, 0.25) is 0 Å². The van der Waals surface area contributed by atoms with Gasteiger partial charge in [-0.1, -0.05) is 24.2 Å². The number of nitrogens with two attached hydrogens (primary N) is 1. The van der Waals surface area contributed by atoms with E-state index in [-0.39, 0.29) is 6.04 Å². The van der Waals surface area contributed by atoms with Gasteiger partial charge < -0.3 is 10.3 Å². The normalized spacial score (nSPS) is 12.6. The molecule has 1 aromatic carbocycles. The van der Waals surface area contributed by atoms with Crippen molar-refractivity contribution in [2.75, 3.05) is 0 Å². The fourth-order valence-electron chi connectivity index (χ4n) is 1.46. The first-order chi connectivity index (χ1) is 8.20. The van der Waals surface area contributed by atoms with Gasteiger partial charge in [0, 0.05) is 16.0 Å². The van der Waals surface area contributed by atoms with E-state index in [9.17, 15) is 0 Å². The molecule has 0 radical (unpaired) electrons. The molecule has 0 spiro atoms. The van der Waals surface area contributed by atoms with Gasteiger partial charge in [0.05, 0.1) is 5.56 Å². The Labute approximate surface area is 114 Å². The molecule has 0 aliphatic heterocycles. The van der Waals surface area contributed by atoms with E-state index in [2.05, 4.69) is 32.7 Å². The molecule has 5 heteroatoms. The minimum Gasteiger partial charge on any atom is -0.334 e. The maximum atomic E-state index is 5.86. The lowest BCUT2D eigenvalue weighted by atomic mass is 10.1. The van der Waals surface area contributed by atoms with Gasteiger partial charge in [-0.15, -0.1) is 0 Å². The minimum absolute atomic E-state index is 0.0929. The highest BCUT2D eigenvalue weighted by Crippen LogP contribution is 2.23. The van der Waals surface area contributed by atoms with E-state index >= 15 is 0 Å². The summed E-state index contributed by atoms with van der Waals surface area (Å²) in [5.74, 6) is 1.24. The van der Waals surface area contributed by atoms with E-state index in [1.165, 1.54) is 0 Å². The van der Waals surface area contributed by atoms with Crippen molar-refractivity contribution >= 4 is 22.6 Å². The van der Waals surface area contributed by atoms with E-state index in [0.29, 0.717) is 18.1 Å². The second-order valence-electron chi connectivity index (χ2n) is 3.87. The molecule has 2 aromatic rings. The lowest BCUT2D eigenvalue weighted by molar-refractivity contribution is 0.419. The molecule has 0 aliphatic rings. The average Bonchev–Trinajstić information content (AvgIpc) is 2.78. The summed E-state index contributed by atoms with van der Waals surface area (Å²) in [6, 6.07) is 8.01. The third kappa shape index (κ3) is 3.04. The Kier molecular flexibility index (Phi) is 4.11. The molecule has 1 unspecified atom stereocenters. The molecule has 17 heavy (non-hydrogen) atoms. The van der Waals surface area contributed by atoms with E-state index in [4.69, 9.17) is 10.3 Å². The summed E-state index contributed by atoms with van der Waals surface area (Å²) in [7, 11) is 0. The summed E-state index contributed by atoms with van der Waals surface area (Å²) in [6.07, 6.45) is 1.57. The third-order valence-corrected chi connectivity index (χ3v) is 3.48. The first-order valence-corrected chi connectivity index (χ1v) is 6.61. The standard InChI is InChI=1S/C12H14IN3O/c1-2-8(14)7-11-15-12(17-16-11)9-5-3-4-6-10(9)13/h3-6,8H,2,7,14H2,1H3. The van der Waals surface area contributed by atoms with Gasteiger partial charge in [-0.25, -0.2) is 0 Å². The van der Waals surface area contributed by atoms with E-state index in [0.717, 1.165) is 15.6 Å². The van der Waals surface area contributed by atoms with Crippen LogP contribution in [0.1, 0.15) is 19.2 Å². The smallest absolute Gasteiger partial charge is 0.258 e. The van der Waals surface area contributed by atoms with Crippen LogP contribution >= 0.6 is 22.6 Å². The highest BCUT2D eigenvalue weighted by atomic mass is 127. The molecular formula is C12H14IN3O. The van der Waals surface area contributed by atoms with Gasteiger partial charge in [-0.2, -0.15) is 4.98 Å². The van der Waals surface area contributed by atoms with Crippen LogP contribution in [0.15, 0.2) is 28.8 Å². The van der Waals surface area contributed by atoms with Crippen molar-refractivity contribution in [3.05, 3.63) is 33.7 Å². The van der Waals surface area contributed by atoms with Crippen molar-refractivity contribution in [3.63, 3.8) is 0 Å². The Morgan fingerprint density at radius 3 is 2.88 bits per heavy atom. The van der Waals surface area contributed by atoms with Crippen LogP contribution < -0.4 is 5.73 Å². The zero-order chi connectivity index (χ0) is 12.3. The van der Waals surface area contributed by atoms with Crippen molar-refractivity contribution in [3.8, 4) is 11.5 Å². The van der Waals surface area contributed by atoms with Crippen molar-refractivity contribution < 1.29 is 4.52 Å². The van der Waals surface area contributed by atoms with Crippen LogP contribution in [0, 0.1) is 3.57 Å². The van der Waals surface area contributed by atoms with Crippen molar-refractivity contribution in [1.82, 2.24) is 10.1 Å². The maximum absolute atomic E-state index is 5.86. The van der Waals surface area contributed by atoms with Crippen LogP contribution in [-0.2, 0) is 6.42 Å². The van der Waals surface area contributed by atoms with Crippen LogP contribution in [0.3, 0.4) is 0 Å². The van der Waals surface area contributed by atoms with Gasteiger partial charge in [0.2, 0.25) is 0 Å². The lowest BCUT2D eigenvalue weighted by Crippen LogP contribution is -2.21. The van der Waals surface area contributed by atoms with Crippen LogP contribution in [-0.4, -0.2) is 16.2 Å². The third-order valence-electron chi connectivity index (χ3n) is 2.54. The number of benzene rings is 1. The zero-order valence-corrected chi connectivity index (χ0v) is 11.7. The topological polar surface area (TPSA) is 64.9 Å². The Morgan fingerprint density at radius 1 is 1.41 bits per heavy atom. The van der Waals surface area contributed by atoms with Crippen LogP contribution in [0.5, 0.6) is 0 Å². The molecule has 2 rings (SSSR count). The summed E-state index contributed by atoms with van der Waals surface area (Å²) in [6.45, 7) is 2.05. The Morgan fingerprint density at radius 2 is 2.18 bits per heavy atom. The quantitative estimate of drug-likeness (QED) is 0.867. The predicted octanol–water partition coefficient (Wildman–Crippen LogP) is 2.62. The molecule has 0 saturated heterocycles. The van der Waals surface area contributed by atoms with Gasteiger partial charge in [0.1, 0.15) is 0 Å². The molecule has 0 aliphatic carbocycles. The number of hydrogen-bond donors (Lipinski definition) is 1. The van der Waals surface area contributed by atoms with E-state index < -0.39 is 0 Å². The highest BCUT2D eigenvalue weighted by molar-refractivity contribution is 14.1.